The number of hydrogen-bond acceptors (Lipinski definition) is 5. The van der Waals surface area contributed by atoms with E-state index in [2.05, 4.69) is 42.8 Å². The highest BCUT2D eigenvalue weighted by atomic mass is 35.5. The molecular formula is C22H27ClN8. The third kappa shape index (κ3) is 5.32. The van der Waals surface area contributed by atoms with Crippen molar-refractivity contribution >= 4 is 23.4 Å². The third-order valence-corrected chi connectivity index (χ3v) is 5.72. The number of aliphatic imine (C=N–C) groups is 1. The molecule has 1 aliphatic heterocycles. The standard InChI is InChI=1S/C22H27ClN8/c1-16-28-29-20(30(16)2)14-26-22(25-13-17-7-4-3-5-8-17)27-18-10-12-31(15-18)21-19(23)9-6-11-24-21/h3-9,11,18H,10,12-15H2,1-2H3,(H2,25,26,27). The van der Waals surface area contributed by atoms with Gasteiger partial charge in [0.05, 0.1) is 18.1 Å². The van der Waals surface area contributed by atoms with Crippen LogP contribution in [0.5, 0.6) is 0 Å². The maximum atomic E-state index is 6.33. The second kappa shape index (κ2) is 9.78. The minimum Gasteiger partial charge on any atom is -0.353 e. The van der Waals surface area contributed by atoms with E-state index < -0.39 is 0 Å². The van der Waals surface area contributed by atoms with Crippen molar-refractivity contribution < 1.29 is 0 Å². The van der Waals surface area contributed by atoms with E-state index in [-0.39, 0.29) is 6.04 Å². The van der Waals surface area contributed by atoms with Crippen molar-refractivity contribution in [2.45, 2.75) is 32.5 Å². The van der Waals surface area contributed by atoms with E-state index in [1.807, 2.05) is 48.9 Å². The number of nitrogens with zero attached hydrogens (tertiary/aromatic N) is 6. The van der Waals surface area contributed by atoms with Crippen LogP contribution >= 0.6 is 11.6 Å². The summed E-state index contributed by atoms with van der Waals surface area (Å²) >= 11 is 6.33. The van der Waals surface area contributed by atoms with Gasteiger partial charge in [-0.05, 0) is 31.0 Å². The first-order valence-electron chi connectivity index (χ1n) is 10.4. The molecule has 2 N–H and O–H groups in total. The first-order chi connectivity index (χ1) is 15.1. The molecule has 8 nitrogen and oxygen atoms in total. The maximum absolute atomic E-state index is 6.33. The van der Waals surface area contributed by atoms with E-state index in [4.69, 9.17) is 16.6 Å². The Hall–Kier alpha value is -3.13. The lowest BCUT2D eigenvalue weighted by Gasteiger charge is -2.20. The zero-order chi connectivity index (χ0) is 21.6. The van der Waals surface area contributed by atoms with Crippen LogP contribution in [0.1, 0.15) is 23.6 Å². The first kappa shape index (κ1) is 21.1. The van der Waals surface area contributed by atoms with Crippen molar-refractivity contribution in [2.75, 3.05) is 18.0 Å². The van der Waals surface area contributed by atoms with E-state index >= 15 is 0 Å². The fraction of sp³-hybridized carbons (Fsp3) is 0.364. The van der Waals surface area contributed by atoms with Gasteiger partial charge in [0.25, 0.3) is 0 Å². The number of benzene rings is 1. The molecule has 1 aromatic carbocycles. The number of aromatic nitrogens is 4. The van der Waals surface area contributed by atoms with Crippen LogP contribution < -0.4 is 15.5 Å². The molecule has 162 valence electrons. The van der Waals surface area contributed by atoms with Crippen LogP contribution in [0.2, 0.25) is 5.02 Å². The van der Waals surface area contributed by atoms with Crippen LogP contribution in [-0.2, 0) is 20.1 Å². The lowest BCUT2D eigenvalue weighted by Crippen LogP contribution is -2.44. The van der Waals surface area contributed by atoms with E-state index in [0.29, 0.717) is 18.1 Å². The van der Waals surface area contributed by atoms with Gasteiger partial charge >= 0.3 is 0 Å². The smallest absolute Gasteiger partial charge is 0.192 e. The zero-order valence-electron chi connectivity index (χ0n) is 17.8. The Morgan fingerprint density at radius 3 is 2.77 bits per heavy atom. The van der Waals surface area contributed by atoms with Crippen molar-refractivity contribution in [1.29, 1.82) is 0 Å². The number of anilines is 1. The van der Waals surface area contributed by atoms with Gasteiger partial charge in [0, 0.05) is 32.4 Å². The van der Waals surface area contributed by atoms with Gasteiger partial charge in [-0.3, -0.25) is 0 Å². The van der Waals surface area contributed by atoms with Crippen molar-refractivity contribution in [2.24, 2.45) is 12.0 Å². The Kier molecular flexibility index (Phi) is 6.66. The number of aryl methyl sites for hydroxylation is 1. The molecule has 0 spiro atoms. The third-order valence-electron chi connectivity index (χ3n) is 5.43. The Balaban J connectivity index is 1.43. The van der Waals surface area contributed by atoms with E-state index in [1.165, 1.54) is 0 Å². The van der Waals surface area contributed by atoms with Gasteiger partial charge in [0.1, 0.15) is 11.6 Å². The van der Waals surface area contributed by atoms with Crippen LogP contribution in [0.15, 0.2) is 53.7 Å². The molecule has 0 amide bonds. The second-order valence-corrected chi connectivity index (χ2v) is 8.02. The van der Waals surface area contributed by atoms with Crippen molar-refractivity contribution in [3.05, 3.63) is 70.9 Å². The summed E-state index contributed by atoms with van der Waals surface area (Å²) in [6.07, 6.45) is 2.75. The molecule has 1 aliphatic rings. The Labute approximate surface area is 187 Å². The quantitative estimate of drug-likeness (QED) is 0.454. The van der Waals surface area contributed by atoms with Gasteiger partial charge < -0.3 is 20.1 Å². The summed E-state index contributed by atoms with van der Waals surface area (Å²) in [5.41, 5.74) is 1.16. The highest BCUT2D eigenvalue weighted by Gasteiger charge is 2.25. The van der Waals surface area contributed by atoms with Gasteiger partial charge in [0.2, 0.25) is 0 Å². The van der Waals surface area contributed by atoms with Crippen molar-refractivity contribution in [1.82, 2.24) is 30.4 Å². The summed E-state index contributed by atoms with van der Waals surface area (Å²) in [7, 11) is 1.96. The molecule has 4 rings (SSSR count). The van der Waals surface area contributed by atoms with E-state index in [0.717, 1.165) is 48.5 Å². The van der Waals surface area contributed by atoms with Crippen molar-refractivity contribution in [3.8, 4) is 0 Å². The number of halogens is 1. The Bertz CT molecular complexity index is 1030. The minimum atomic E-state index is 0.237. The minimum absolute atomic E-state index is 0.237. The zero-order valence-corrected chi connectivity index (χ0v) is 18.5. The Morgan fingerprint density at radius 2 is 2.03 bits per heavy atom. The molecule has 3 heterocycles. The summed E-state index contributed by atoms with van der Waals surface area (Å²) < 4.78 is 1.97. The molecule has 0 aliphatic carbocycles. The van der Waals surface area contributed by atoms with Gasteiger partial charge in [0.15, 0.2) is 11.8 Å². The van der Waals surface area contributed by atoms with Crippen LogP contribution in [0, 0.1) is 6.92 Å². The number of nitrogens with one attached hydrogen (secondary N) is 2. The van der Waals surface area contributed by atoms with Crippen LogP contribution in [0.3, 0.4) is 0 Å². The summed E-state index contributed by atoms with van der Waals surface area (Å²) in [4.78, 5) is 11.5. The molecule has 1 saturated heterocycles. The normalized spacial score (nSPS) is 16.5. The molecule has 9 heteroatoms. The van der Waals surface area contributed by atoms with Gasteiger partial charge in [-0.15, -0.1) is 10.2 Å². The maximum Gasteiger partial charge on any atom is 0.192 e. The van der Waals surface area contributed by atoms with E-state index in [1.54, 1.807) is 6.20 Å². The SMILES string of the molecule is Cc1nnc(CNC(=NCc2ccccc2)NC2CCN(c3ncccc3Cl)C2)n1C. The lowest BCUT2D eigenvalue weighted by molar-refractivity contribution is 0.636. The van der Waals surface area contributed by atoms with Gasteiger partial charge in [-0.25, -0.2) is 9.98 Å². The average Bonchev–Trinajstić information content (AvgIpc) is 3.38. The molecule has 0 bridgehead atoms. The fourth-order valence-corrected chi connectivity index (χ4v) is 3.79. The summed E-state index contributed by atoms with van der Waals surface area (Å²) in [5, 5.41) is 16.0. The number of pyridine rings is 1. The summed E-state index contributed by atoms with van der Waals surface area (Å²) in [6.45, 7) is 4.78. The Morgan fingerprint density at radius 1 is 1.19 bits per heavy atom. The number of hydrogen-bond donors (Lipinski definition) is 2. The van der Waals surface area contributed by atoms with E-state index in [9.17, 15) is 0 Å². The first-order valence-corrected chi connectivity index (χ1v) is 10.8. The molecule has 1 atom stereocenters. The summed E-state index contributed by atoms with van der Waals surface area (Å²) in [6, 6.07) is 14.2. The second-order valence-electron chi connectivity index (χ2n) is 7.61. The van der Waals surface area contributed by atoms with Crippen LogP contribution in [0.25, 0.3) is 0 Å². The number of rotatable bonds is 6. The van der Waals surface area contributed by atoms with Gasteiger partial charge in [-0.2, -0.15) is 0 Å². The molecule has 3 aromatic rings. The largest absolute Gasteiger partial charge is 0.353 e. The topological polar surface area (TPSA) is 83.3 Å². The molecule has 2 aromatic heterocycles. The molecule has 31 heavy (non-hydrogen) atoms. The highest BCUT2D eigenvalue weighted by Crippen LogP contribution is 2.25. The fourth-order valence-electron chi connectivity index (χ4n) is 3.55. The van der Waals surface area contributed by atoms with Crippen LogP contribution in [0.4, 0.5) is 5.82 Å². The van der Waals surface area contributed by atoms with Crippen molar-refractivity contribution in [3.63, 3.8) is 0 Å². The molecular weight excluding hydrogens is 412 g/mol. The molecule has 0 radical (unpaired) electrons. The molecule has 1 unspecified atom stereocenters. The summed E-state index contributed by atoms with van der Waals surface area (Å²) in [5.74, 6) is 3.33. The number of guanidine groups is 1. The molecule has 1 fully saturated rings. The van der Waals surface area contributed by atoms with Crippen LogP contribution in [-0.4, -0.2) is 44.8 Å². The monoisotopic (exact) mass is 438 g/mol. The predicted octanol–water partition coefficient (Wildman–Crippen LogP) is 2.69. The lowest BCUT2D eigenvalue weighted by atomic mass is 10.2. The molecule has 0 saturated carbocycles. The highest BCUT2D eigenvalue weighted by molar-refractivity contribution is 6.32. The average molecular weight is 439 g/mol. The predicted molar refractivity (Wildman–Crippen MR) is 123 cm³/mol. The van der Waals surface area contributed by atoms with Gasteiger partial charge in [-0.1, -0.05) is 41.9 Å².